The van der Waals surface area contributed by atoms with Crippen LogP contribution in [0.1, 0.15) is 29.5 Å². The number of hydrogen-bond acceptors (Lipinski definition) is 2. The number of benzene rings is 2. The molecule has 1 N–H and O–H groups in total. The largest absolute Gasteiger partial charge is 0.334 e. The molecular formula is C23H29N3O. The summed E-state index contributed by atoms with van der Waals surface area (Å²) in [5.74, 6) is 0.580. The van der Waals surface area contributed by atoms with E-state index in [-0.39, 0.29) is 6.03 Å². The number of nitrogens with one attached hydrogen (secondary N) is 1. The smallest absolute Gasteiger partial charge is 0.317 e. The minimum absolute atomic E-state index is 0.0921. The van der Waals surface area contributed by atoms with Crippen LogP contribution in [0, 0.1) is 12.8 Å². The van der Waals surface area contributed by atoms with Crippen molar-refractivity contribution < 1.29 is 4.79 Å². The van der Waals surface area contributed by atoms with Crippen molar-refractivity contribution in [3.8, 4) is 0 Å². The summed E-state index contributed by atoms with van der Waals surface area (Å²) in [6.45, 7) is 6.63. The Balaban J connectivity index is 1.38. The number of piperidine rings is 1. The van der Waals surface area contributed by atoms with Gasteiger partial charge in [-0.25, -0.2) is 4.79 Å². The number of amides is 2. The van der Waals surface area contributed by atoms with E-state index in [2.05, 4.69) is 64.5 Å². The molecule has 142 valence electrons. The van der Waals surface area contributed by atoms with Crippen molar-refractivity contribution in [1.29, 1.82) is 0 Å². The van der Waals surface area contributed by atoms with Crippen LogP contribution in [0.25, 0.3) is 0 Å². The average molecular weight is 364 g/mol. The second kappa shape index (κ2) is 8.13. The van der Waals surface area contributed by atoms with E-state index in [0.717, 1.165) is 32.6 Å². The van der Waals surface area contributed by atoms with E-state index < -0.39 is 0 Å². The van der Waals surface area contributed by atoms with Crippen LogP contribution in [0.3, 0.4) is 0 Å². The summed E-state index contributed by atoms with van der Waals surface area (Å²) in [6, 6.07) is 19.3. The van der Waals surface area contributed by atoms with Crippen molar-refractivity contribution >= 4 is 6.03 Å². The van der Waals surface area contributed by atoms with Crippen LogP contribution >= 0.6 is 0 Å². The van der Waals surface area contributed by atoms with Crippen LogP contribution in [-0.2, 0) is 13.1 Å². The molecule has 0 unspecified atom stereocenters. The molecule has 3 heterocycles. The average Bonchev–Trinajstić information content (AvgIpc) is 2.98. The molecule has 27 heavy (non-hydrogen) atoms. The Hall–Kier alpha value is -2.33. The maximum Gasteiger partial charge on any atom is 0.317 e. The lowest BCUT2D eigenvalue weighted by Crippen LogP contribution is -2.51. The number of rotatable bonds is 4. The van der Waals surface area contributed by atoms with Gasteiger partial charge in [0.2, 0.25) is 0 Å². The van der Waals surface area contributed by atoms with Crippen molar-refractivity contribution in [3.63, 3.8) is 0 Å². The molecule has 2 aromatic carbocycles. The number of carbonyl (C=O) groups is 1. The van der Waals surface area contributed by atoms with E-state index in [4.69, 9.17) is 0 Å². The van der Waals surface area contributed by atoms with Crippen molar-refractivity contribution in [2.24, 2.45) is 5.92 Å². The van der Waals surface area contributed by atoms with E-state index in [9.17, 15) is 4.79 Å². The van der Waals surface area contributed by atoms with Crippen molar-refractivity contribution in [1.82, 2.24) is 15.1 Å². The van der Waals surface area contributed by atoms with Gasteiger partial charge in [-0.1, -0.05) is 54.6 Å². The van der Waals surface area contributed by atoms with Gasteiger partial charge in [-0.05, 0) is 42.4 Å². The van der Waals surface area contributed by atoms with E-state index in [1.54, 1.807) is 0 Å². The van der Waals surface area contributed by atoms with Crippen molar-refractivity contribution in [3.05, 3.63) is 71.3 Å². The molecule has 2 atom stereocenters. The first-order chi connectivity index (χ1) is 13.2. The highest BCUT2D eigenvalue weighted by Gasteiger charge is 2.37. The molecule has 0 saturated carbocycles. The molecule has 2 amide bonds. The number of carbonyl (C=O) groups excluding carboxylic acids is 1. The lowest BCUT2D eigenvalue weighted by Gasteiger charge is -2.36. The lowest BCUT2D eigenvalue weighted by atomic mass is 9.95. The number of hydrogen-bond donors (Lipinski definition) is 1. The third-order valence-electron chi connectivity index (χ3n) is 5.99. The number of urea groups is 1. The molecule has 0 spiro atoms. The minimum Gasteiger partial charge on any atom is -0.334 e. The monoisotopic (exact) mass is 363 g/mol. The zero-order valence-electron chi connectivity index (χ0n) is 16.1. The zero-order chi connectivity index (χ0) is 18.6. The third-order valence-corrected chi connectivity index (χ3v) is 5.99. The Morgan fingerprint density at radius 3 is 2.59 bits per heavy atom. The van der Waals surface area contributed by atoms with E-state index in [1.165, 1.54) is 23.1 Å². The quantitative estimate of drug-likeness (QED) is 0.897. The fraction of sp³-hybridized carbons (Fsp3) is 0.435. The van der Waals surface area contributed by atoms with Crippen LogP contribution in [-0.4, -0.2) is 41.5 Å². The zero-order valence-corrected chi connectivity index (χ0v) is 16.1. The summed E-state index contributed by atoms with van der Waals surface area (Å²) in [4.78, 5) is 17.5. The number of nitrogens with zero attached hydrogens (tertiary/aromatic N) is 2. The third kappa shape index (κ3) is 4.33. The molecule has 2 aromatic rings. The van der Waals surface area contributed by atoms with Gasteiger partial charge in [-0.15, -0.1) is 0 Å². The van der Waals surface area contributed by atoms with Gasteiger partial charge in [-0.2, -0.15) is 0 Å². The standard InChI is InChI=1S/C23H29N3O/c1-18-7-5-6-10-21(18)13-24-23(27)26-16-20-11-12-22(26)17-25(15-20)14-19-8-3-2-4-9-19/h2-10,20,22H,11-17H2,1H3,(H,24,27)/t20-,22+/m0/s1. The first-order valence-corrected chi connectivity index (χ1v) is 10.0. The maximum absolute atomic E-state index is 12.9. The Labute approximate surface area is 162 Å². The van der Waals surface area contributed by atoms with Crippen LogP contribution in [0.4, 0.5) is 4.79 Å². The summed E-state index contributed by atoms with van der Waals surface area (Å²) >= 11 is 0. The highest BCUT2D eigenvalue weighted by molar-refractivity contribution is 5.74. The molecule has 3 aliphatic rings. The van der Waals surface area contributed by atoms with Gasteiger partial charge in [0.1, 0.15) is 0 Å². The molecule has 3 fully saturated rings. The molecule has 3 aliphatic heterocycles. The van der Waals surface area contributed by atoms with Gasteiger partial charge in [-0.3, -0.25) is 4.90 Å². The summed E-state index contributed by atoms with van der Waals surface area (Å²) in [7, 11) is 0. The van der Waals surface area contributed by atoms with Gasteiger partial charge in [0.05, 0.1) is 0 Å². The van der Waals surface area contributed by atoms with Crippen LogP contribution in [0.2, 0.25) is 0 Å². The lowest BCUT2D eigenvalue weighted by molar-refractivity contribution is 0.140. The fourth-order valence-electron chi connectivity index (χ4n) is 4.48. The van der Waals surface area contributed by atoms with E-state index in [0.29, 0.717) is 18.5 Å². The van der Waals surface area contributed by atoms with Gasteiger partial charge < -0.3 is 10.2 Å². The number of fused-ring (bicyclic) bond motifs is 4. The van der Waals surface area contributed by atoms with Gasteiger partial charge >= 0.3 is 6.03 Å². The molecule has 4 heteroatoms. The van der Waals surface area contributed by atoms with Crippen molar-refractivity contribution in [2.75, 3.05) is 19.6 Å². The maximum atomic E-state index is 12.9. The fourth-order valence-corrected chi connectivity index (χ4v) is 4.48. The van der Waals surface area contributed by atoms with Crippen LogP contribution < -0.4 is 5.32 Å². The van der Waals surface area contributed by atoms with Crippen molar-refractivity contribution in [2.45, 2.75) is 38.9 Å². The van der Waals surface area contributed by atoms with Crippen LogP contribution in [0.5, 0.6) is 0 Å². The van der Waals surface area contributed by atoms with Gasteiger partial charge in [0.25, 0.3) is 0 Å². The van der Waals surface area contributed by atoms with Gasteiger partial charge in [0.15, 0.2) is 0 Å². The van der Waals surface area contributed by atoms with Gasteiger partial charge in [0, 0.05) is 38.8 Å². The summed E-state index contributed by atoms with van der Waals surface area (Å²) in [6.07, 6.45) is 2.35. The van der Waals surface area contributed by atoms with E-state index >= 15 is 0 Å². The summed E-state index contributed by atoms with van der Waals surface area (Å²) < 4.78 is 0. The predicted molar refractivity (Wildman–Crippen MR) is 108 cm³/mol. The normalized spacial score (nSPS) is 22.5. The number of aryl methyl sites for hydroxylation is 1. The molecule has 3 saturated heterocycles. The Morgan fingerprint density at radius 1 is 1.00 bits per heavy atom. The Morgan fingerprint density at radius 2 is 1.78 bits per heavy atom. The second-order valence-electron chi connectivity index (χ2n) is 8.01. The topological polar surface area (TPSA) is 35.6 Å². The molecule has 4 nitrogen and oxygen atoms in total. The first kappa shape index (κ1) is 18.1. The molecule has 0 aromatic heterocycles. The Kier molecular flexibility index (Phi) is 5.44. The molecule has 0 aliphatic carbocycles. The predicted octanol–water partition coefficient (Wildman–Crippen LogP) is 3.80. The molecule has 2 bridgehead atoms. The molecule has 0 radical (unpaired) electrons. The SMILES string of the molecule is Cc1ccccc1CNC(=O)N1C[C@H]2CC[C@@H]1CN(Cc1ccccc1)C2. The highest BCUT2D eigenvalue weighted by Crippen LogP contribution is 2.29. The molecule has 5 rings (SSSR count). The second-order valence-corrected chi connectivity index (χ2v) is 8.01. The first-order valence-electron chi connectivity index (χ1n) is 10.0. The van der Waals surface area contributed by atoms with Crippen LogP contribution in [0.15, 0.2) is 54.6 Å². The van der Waals surface area contributed by atoms with E-state index in [1.807, 2.05) is 12.1 Å². The Bertz CT molecular complexity index is 776. The highest BCUT2D eigenvalue weighted by atomic mass is 16.2. The summed E-state index contributed by atoms with van der Waals surface area (Å²) in [5.41, 5.74) is 3.77. The summed E-state index contributed by atoms with van der Waals surface area (Å²) in [5, 5.41) is 3.16. The minimum atomic E-state index is 0.0921. The molecular weight excluding hydrogens is 334 g/mol.